The van der Waals surface area contributed by atoms with Crippen molar-refractivity contribution in [3.8, 4) is 0 Å². The zero-order valence-electron chi connectivity index (χ0n) is 9.55. The Hall–Kier alpha value is -0.880. The molecule has 1 aromatic heterocycles. The number of nitrogens with zero attached hydrogens (tertiary/aromatic N) is 2. The molecular formula is C10H17N3O2S. The van der Waals surface area contributed by atoms with Gasteiger partial charge in [-0.15, -0.1) is 0 Å². The second-order valence-electron chi connectivity index (χ2n) is 4.44. The number of hydrogen-bond acceptors (Lipinski definition) is 3. The van der Waals surface area contributed by atoms with Gasteiger partial charge in [-0.25, -0.2) is 13.6 Å². The van der Waals surface area contributed by atoms with Crippen molar-refractivity contribution in [2.45, 2.75) is 50.1 Å². The molecule has 1 aromatic rings. The van der Waals surface area contributed by atoms with Gasteiger partial charge in [-0.1, -0.05) is 13.8 Å². The highest BCUT2D eigenvalue weighted by Crippen LogP contribution is 2.38. The SMILES string of the molecule is CCC(C)c1cc(S(N)(=O)=O)nn1C1CC1. The number of nitrogens with two attached hydrogens (primary N) is 1. The third-order valence-electron chi connectivity index (χ3n) is 3.04. The Kier molecular flexibility index (Phi) is 2.79. The molecule has 1 unspecified atom stereocenters. The number of hydrogen-bond donors (Lipinski definition) is 1. The van der Waals surface area contributed by atoms with Crippen molar-refractivity contribution >= 4 is 10.0 Å². The summed E-state index contributed by atoms with van der Waals surface area (Å²) in [6.45, 7) is 4.15. The first-order chi connectivity index (χ1) is 7.43. The summed E-state index contributed by atoms with van der Waals surface area (Å²) >= 11 is 0. The van der Waals surface area contributed by atoms with Gasteiger partial charge in [-0.2, -0.15) is 5.10 Å². The number of aromatic nitrogens is 2. The fraction of sp³-hybridized carbons (Fsp3) is 0.700. The number of primary sulfonamides is 1. The van der Waals surface area contributed by atoms with Crippen LogP contribution in [0.2, 0.25) is 0 Å². The van der Waals surface area contributed by atoms with E-state index in [2.05, 4.69) is 18.9 Å². The van der Waals surface area contributed by atoms with Crippen LogP contribution in [0, 0.1) is 0 Å². The Labute approximate surface area is 95.7 Å². The van der Waals surface area contributed by atoms with Crippen molar-refractivity contribution in [1.82, 2.24) is 9.78 Å². The lowest BCUT2D eigenvalue weighted by Crippen LogP contribution is -2.13. The monoisotopic (exact) mass is 243 g/mol. The first-order valence-corrected chi connectivity index (χ1v) is 7.10. The standard InChI is InChI=1S/C10H17N3O2S/c1-3-7(2)9-6-10(16(11,14)15)12-13(9)8-4-5-8/h6-8H,3-5H2,1-2H3,(H2,11,14,15). The number of sulfonamides is 1. The molecule has 1 aliphatic rings. The van der Waals surface area contributed by atoms with Crippen LogP contribution < -0.4 is 5.14 Å². The molecule has 1 fully saturated rings. The Bertz CT molecular complexity index is 488. The van der Waals surface area contributed by atoms with E-state index in [9.17, 15) is 8.42 Å². The maximum Gasteiger partial charge on any atom is 0.257 e. The van der Waals surface area contributed by atoms with Gasteiger partial charge in [0, 0.05) is 11.8 Å². The normalized spacial score (nSPS) is 18.7. The molecule has 6 heteroatoms. The average Bonchev–Trinajstić information content (AvgIpc) is 2.94. The highest BCUT2D eigenvalue weighted by Gasteiger charge is 2.30. The van der Waals surface area contributed by atoms with Crippen molar-refractivity contribution in [3.05, 3.63) is 11.8 Å². The Balaban J connectivity index is 2.46. The minimum absolute atomic E-state index is 0.00491. The quantitative estimate of drug-likeness (QED) is 0.867. The van der Waals surface area contributed by atoms with E-state index in [4.69, 9.17) is 5.14 Å². The van der Waals surface area contributed by atoms with E-state index in [1.807, 2.05) is 4.68 Å². The summed E-state index contributed by atoms with van der Waals surface area (Å²) in [5.74, 6) is 0.309. The van der Waals surface area contributed by atoms with Crippen LogP contribution in [-0.2, 0) is 10.0 Å². The van der Waals surface area contributed by atoms with Gasteiger partial charge >= 0.3 is 0 Å². The summed E-state index contributed by atoms with van der Waals surface area (Å²) in [5.41, 5.74) is 0.981. The molecule has 1 heterocycles. The van der Waals surface area contributed by atoms with E-state index in [0.29, 0.717) is 12.0 Å². The lowest BCUT2D eigenvalue weighted by atomic mass is 10.1. The largest absolute Gasteiger partial charge is 0.265 e. The highest BCUT2D eigenvalue weighted by atomic mass is 32.2. The zero-order valence-corrected chi connectivity index (χ0v) is 10.4. The molecule has 16 heavy (non-hydrogen) atoms. The van der Waals surface area contributed by atoms with Gasteiger partial charge < -0.3 is 0 Å². The van der Waals surface area contributed by atoms with Gasteiger partial charge in [0.1, 0.15) is 0 Å². The van der Waals surface area contributed by atoms with Crippen LogP contribution in [0.3, 0.4) is 0 Å². The Morgan fingerprint density at radius 1 is 1.62 bits per heavy atom. The average molecular weight is 243 g/mol. The summed E-state index contributed by atoms with van der Waals surface area (Å²) in [7, 11) is -3.68. The molecule has 5 nitrogen and oxygen atoms in total. The molecule has 0 amide bonds. The van der Waals surface area contributed by atoms with Gasteiger partial charge in [0.15, 0.2) is 5.03 Å². The van der Waals surface area contributed by atoms with E-state index in [1.165, 1.54) is 0 Å². The Morgan fingerprint density at radius 3 is 2.69 bits per heavy atom. The topological polar surface area (TPSA) is 78.0 Å². The van der Waals surface area contributed by atoms with Gasteiger partial charge in [-0.05, 0) is 25.2 Å². The minimum Gasteiger partial charge on any atom is -0.265 e. The third kappa shape index (κ3) is 2.12. The first kappa shape index (κ1) is 11.6. The summed E-state index contributed by atoms with van der Waals surface area (Å²) in [6.07, 6.45) is 3.12. The predicted octanol–water partition coefficient (Wildman–Crippen LogP) is 1.38. The lowest BCUT2D eigenvalue weighted by molar-refractivity contribution is 0.547. The molecule has 0 spiro atoms. The summed E-state index contributed by atoms with van der Waals surface area (Å²) in [6, 6.07) is 1.99. The molecule has 90 valence electrons. The number of rotatable bonds is 4. The van der Waals surface area contributed by atoms with Crippen LogP contribution in [-0.4, -0.2) is 18.2 Å². The van der Waals surface area contributed by atoms with E-state index in [0.717, 1.165) is 25.0 Å². The van der Waals surface area contributed by atoms with Gasteiger partial charge in [0.05, 0.1) is 6.04 Å². The first-order valence-electron chi connectivity index (χ1n) is 5.55. The molecule has 1 aliphatic carbocycles. The maximum absolute atomic E-state index is 11.3. The fourth-order valence-electron chi connectivity index (χ4n) is 1.71. The van der Waals surface area contributed by atoms with E-state index in [-0.39, 0.29) is 5.03 Å². The molecular weight excluding hydrogens is 226 g/mol. The molecule has 2 N–H and O–H groups in total. The zero-order chi connectivity index (χ0) is 11.9. The smallest absolute Gasteiger partial charge is 0.257 e. The van der Waals surface area contributed by atoms with E-state index >= 15 is 0 Å². The van der Waals surface area contributed by atoms with Crippen molar-refractivity contribution in [2.24, 2.45) is 5.14 Å². The molecule has 2 rings (SSSR count). The second-order valence-corrected chi connectivity index (χ2v) is 5.95. The van der Waals surface area contributed by atoms with Crippen molar-refractivity contribution in [3.63, 3.8) is 0 Å². The highest BCUT2D eigenvalue weighted by molar-refractivity contribution is 7.89. The summed E-state index contributed by atoms with van der Waals surface area (Å²) in [4.78, 5) is 0. The molecule has 0 saturated heterocycles. The van der Waals surface area contributed by atoms with Crippen LogP contribution in [0.4, 0.5) is 0 Å². The third-order valence-corrected chi connectivity index (χ3v) is 3.83. The van der Waals surface area contributed by atoms with Gasteiger partial charge in [0.25, 0.3) is 10.0 Å². The molecule has 0 aromatic carbocycles. The van der Waals surface area contributed by atoms with Crippen molar-refractivity contribution in [1.29, 1.82) is 0 Å². The Morgan fingerprint density at radius 2 is 2.25 bits per heavy atom. The molecule has 0 bridgehead atoms. The van der Waals surface area contributed by atoms with Crippen LogP contribution >= 0.6 is 0 Å². The molecule has 1 saturated carbocycles. The van der Waals surface area contributed by atoms with Crippen LogP contribution in [0.1, 0.15) is 50.8 Å². The van der Waals surface area contributed by atoms with Gasteiger partial charge in [0.2, 0.25) is 0 Å². The lowest BCUT2D eigenvalue weighted by Gasteiger charge is -2.10. The molecule has 0 aliphatic heterocycles. The molecule has 0 radical (unpaired) electrons. The van der Waals surface area contributed by atoms with E-state index in [1.54, 1.807) is 6.07 Å². The van der Waals surface area contributed by atoms with E-state index < -0.39 is 10.0 Å². The van der Waals surface area contributed by atoms with Crippen LogP contribution in [0.5, 0.6) is 0 Å². The van der Waals surface area contributed by atoms with Crippen molar-refractivity contribution in [2.75, 3.05) is 0 Å². The fourth-order valence-corrected chi connectivity index (χ4v) is 2.20. The maximum atomic E-state index is 11.3. The van der Waals surface area contributed by atoms with Gasteiger partial charge in [-0.3, -0.25) is 4.68 Å². The second kappa shape index (κ2) is 3.85. The molecule has 1 atom stereocenters. The summed E-state index contributed by atoms with van der Waals surface area (Å²) < 4.78 is 24.3. The van der Waals surface area contributed by atoms with Crippen LogP contribution in [0.25, 0.3) is 0 Å². The van der Waals surface area contributed by atoms with Crippen LogP contribution in [0.15, 0.2) is 11.1 Å². The minimum atomic E-state index is -3.68. The summed E-state index contributed by atoms with van der Waals surface area (Å²) in [5, 5.41) is 9.21. The van der Waals surface area contributed by atoms with Crippen molar-refractivity contribution < 1.29 is 8.42 Å². The predicted molar refractivity (Wildman–Crippen MR) is 60.6 cm³/mol.